The monoisotopic (exact) mass is 299 g/mol. The molecule has 0 aliphatic carbocycles. The lowest BCUT2D eigenvalue weighted by Crippen LogP contribution is -2.27. The number of ether oxygens (including phenoxy) is 1. The molecule has 1 aromatic rings. The minimum absolute atomic E-state index is 0. The summed E-state index contributed by atoms with van der Waals surface area (Å²) in [5.41, 5.74) is 2.32. The molecule has 1 aliphatic rings. The van der Waals surface area contributed by atoms with Gasteiger partial charge >= 0.3 is 5.97 Å². The molecule has 0 spiro atoms. The van der Waals surface area contributed by atoms with Crippen LogP contribution >= 0.6 is 12.4 Å². The van der Waals surface area contributed by atoms with Crippen LogP contribution in [0.3, 0.4) is 0 Å². The maximum absolute atomic E-state index is 10.9. The van der Waals surface area contributed by atoms with E-state index in [4.69, 9.17) is 9.84 Å². The molecule has 0 radical (unpaired) electrons. The van der Waals surface area contributed by atoms with Gasteiger partial charge in [-0.05, 0) is 44.0 Å². The summed E-state index contributed by atoms with van der Waals surface area (Å²) in [7, 11) is 0. The minimum Gasteiger partial charge on any atom is -0.492 e. The van der Waals surface area contributed by atoms with E-state index in [1.54, 1.807) is 0 Å². The third kappa shape index (κ3) is 4.39. The highest BCUT2D eigenvalue weighted by Crippen LogP contribution is 2.20. The second-order valence-corrected chi connectivity index (χ2v) is 5.24. The van der Waals surface area contributed by atoms with Crippen LogP contribution in [0.25, 0.3) is 0 Å². The number of carbonyl (C=O) groups is 1. The Morgan fingerprint density at radius 1 is 1.45 bits per heavy atom. The van der Waals surface area contributed by atoms with Crippen molar-refractivity contribution in [3.8, 4) is 5.75 Å². The fourth-order valence-corrected chi connectivity index (χ4v) is 2.38. The van der Waals surface area contributed by atoms with E-state index in [1.165, 1.54) is 5.56 Å². The maximum atomic E-state index is 10.9. The normalized spacial score (nSPS) is 18.6. The molecule has 0 saturated carbocycles. The van der Waals surface area contributed by atoms with Crippen LogP contribution in [-0.2, 0) is 4.79 Å². The molecule has 1 aromatic carbocycles. The van der Waals surface area contributed by atoms with Crippen molar-refractivity contribution in [2.45, 2.75) is 20.3 Å². The Morgan fingerprint density at radius 3 is 2.85 bits per heavy atom. The van der Waals surface area contributed by atoms with E-state index < -0.39 is 5.97 Å². The Balaban J connectivity index is 0.00000200. The molecule has 0 aromatic heterocycles. The Bertz CT molecular complexity index is 464. The summed E-state index contributed by atoms with van der Waals surface area (Å²) in [6, 6.07) is 6.17. The number of carboxylic acid groups (broad SMARTS) is 1. The van der Waals surface area contributed by atoms with E-state index in [1.807, 2.05) is 19.9 Å². The molecular formula is C15H22ClNO3. The lowest BCUT2D eigenvalue weighted by atomic mass is 10.1. The first kappa shape index (κ1) is 16.8. The smallest absolute Gasteiger partial charge is 0.307 e. The van der Waals surface area contributed by atoms with Gasteiger partial charge in [-0.15, -0.1) is 12.4 Å². The van der Waals surface area contributed by atoms with Crippen molar-refractivity contribution in [2.24, 2.45) is 5.92 Å². The fourth-order valence-electron chi connectivity index (χ4n) is 2.38. The first-order valence-electron chi connectivity index (χ1n) is 6.71. The zero-order valence-electron chi connectivity index (χ0n) is 12.0. The van der Waals surface area contributed by atoms with E-state index in [9.17, 15) is 4.79 Å². The first-order valence-corrected chi connectivity index (χ1v) is 6.71. The van der Waals surface area contributed by atoms with Crippen LogP contribution in [0.4, 0.5) is 0 Å². The highest BCUT2D eigenvalue weighted by atomic mass is 35.5. The average molecular weight is 300 g/mol. The van der Waals surface area contributed by atoms with Gasteiger partial charge in [-0.3, -0.25) is 9.69 Å². The van der Waals surface area contributed by atoms with Gasteiger partial charge in [0.05, 0.1) is 5.92 Å². The fraction of sp³-hybridized carbons (Fsp3) is 0.533. The summed E-state index contributed by atoms with van der Waals surface area (Å²) in [6.07, 6.45) is 0.749. The topological polar surface area (TPSA) is 49.8 Å². The van der Waals surface area contributed by atoms with Crippen LogP contribution in [0.2, 0.25) is 0 Å². The maximum Gasteiger partial charge on any atom is 0.307 e. The van der Waals surface area contributed by atoms with E-state index in [0.29, 0.717) is 13.2 Å². The molecule has 1 atom stereocenters. The van der Waals surface area contributed by atoms with Crippen LogP contribution in [0, 0.1) is 19.8 Å². The highest BCUT2D eigenvalue weighted by molar-refractivity contribution is 5.85. The van der Waals surface area contributed by atoms with Crippen molar-refractivity contribution in [1.82, 2.24) is 4.90 Å². The summed E-state index contributed by atoms with van der Waals surface area (Å²) in [4.78, 5) is 13.0. The molecule has 20 heavy (non-hydrogen) atoms. The molecule has 1 heterocycles. The van der Waals surface area contributed by atoms with Crippen LogP contribution in [-0.4, -0.2) is 42.2 Å². The largest absolute Gasteiger partial charge is 0.492 e. The highest BCUT2D eigenvalue weighted by Gasteiger charge is 2.27. The van der Waals surface area contributed by atoms with Crippen LogP contribution in [0.15, 0.2) is 18.2 Å². The first-order chi connectivity index (χ1) is 9.06. The van der Waals surface area contributed by atoms with Gasteiger partial charge in [-0.1, -0.05) is 12.1 Å². The third-order valence-electron chi connectivity index (χ3n) is 3.63. The number of halogens is 1. The molecule has 1 N–H and O–H groups in total. The van der Waals surface area contributed by atoms with Gasteiger partial charge in [0.15, 0.2) is 0 Å². The van der Waals surface area contributed by atoms with Gasteiger partial charge in [-0.25, -0.2) is 0 Å². The zero-order chi connectivity index (χ0) is 13.8. The lowest BCUT2D eigenvalue weighted by molar-refractivity contribution is -0.141. The summed E-state index contributed by atoms with van der Waals surface area (Å²) < 4.78 is 5.79. The van der Waals surface area contributed by atoms with Crippen molar-refractivity contribution < 1.29 is 14.6 Å². The van der Waals surface area contributed by atoms with Crippen molar-refractivity contribution in [3.63, 3.8) is 0 Å². The predicted octanol–water partition coefficient (Wildman–Crippen LogP) is 2.51. The van der Waals surface area contributed by atoms with Gasteiger partial charge in [0.1, 0.15) is 12.4 Å². The predicted molar refractivity (Wildman–Crippen MR) is 80.8 cm³/mol. The number of aryl methyl sites for hydroxylation is 2. The Labute approximate surface area is 126 Å². The number of hydrogen-bond acceptors (Lipinski definition) is 3. The molecule has 4 nitrogen and oxygen atoms in total. The number of aliphatic carboxylic acids is 1. The summed E-state index contributed by atoms with van der Waals surface area (Å²) in [5, 5.41) is 8.94. The van der Waals surface area contributed by atoms with E-state index in [-0.39, 0.29) is 18.3 Å². The van der Waals surface area contributed by atoms with Gasteiger partial charge in [0, 0.05) is 13.1 Å². The number of benzene rings is 1. The van der Waals surface area contributed by atoms with Crippen LogP contribution in [0.5, 0.6) is 5.75 Å². The minimum atomic E-state index is -0.682. The Morgan fingerprint density at radius 2 is 2.20 bits per heavy atom. The molecule has 1 fully saturated rings. The zero-order valence-corrected chi connectivity index (χ0v) is 12.8. The van der Waals surface area contributed by atoms with Crippen molar-refractivity contribution >= 4 is 18.4 Å². The Hall–Kier alpha value is -1.26. The SMILES string of the molecule is Cc1ccc(C)c(OCCN2CCC(C(=O)O)C2)c1.Cl. The summed E-state index contributed by atoms with van der Waals surface area (Å²) in [5.74, 6) is 0.0348. The molecule has 0 amide bonds. The van der Waals surface area contributed by atoms with E-state index >= 15 is 0 Å². The quantitative estimate of drug-likeness (QED) is 0.907. The lowest BCUT2D eigenvalue weighted by Gasteiger charge is -2.16. The standard InChI is InChI=1S/C15H21NO3.ClH/c1-11-3-4-12(2)14(9-11)19-8-7-16-6-5-13(10-16)15(17)18;/h3-4,9,13H,5-8,10H2,1-2H3,(H,17,18);1H. The van der Waals surface area contributed by atoms with Crippen molar-refractivity contribution in [3.05, 3.63) is 29.3 Å². The Kier molecular flexibility index (Phi) is 6.30. The molecule has 5 heteroatoms. The number of nitrogens with zero attached hydrogens (tertiary/aromatic N) is 1. The van der Waals surface area contributed by atoms with Gasteiger partial charge in [-0.2, -0.15) is 0 Å². The molecular weight excluding hydrogens is 278 g/mol. The van der Waals surface area contributed by atoms with Crippen LogP contribution in [0.1, 0.15) is 17.5 Å². The number of hydrogen-bond donors (Lipinski definition) is 1. The van der Waals surface area contributed by atoms with Crippen molar-refractivity contribution in [2.75, 3.05) is 26.2 Å². The average Bonchev–Trinajstić information content (AvgIpc) is 2.82. The molecule has 1 aliphatic heterocycles. The molecule has 2 rings (SSSR count). The van der Waals surface area contributed by atoms with Crippen molar-refractivity contribution in [1.29, 1.82) is 0 Å². The third-order valence-corrected chi connectivity index (χ3v) is 3.63. The van der Waals surface area contributed by atoms with Crippen LogP contribution < -0.4 is 4.74 Å². The van der Waals surface area contributed by atoms with Gasteiger partial charge in [0.2, 0.25) is 0 Å². The van der Waals surface area contributed by atoms with E-state index in [2.05, 4.69) is 17.0 Å². The van der Waals surface area contributed by atoms with Gasteiger partial charge < -0.3 is 9.84 Å². The molecule has 112 valence electrons. The molecule has 1 unspecified atom stereocenters. The van der Waals surface area contributed by atoms with Gasteiger partial charge in [0.25, 0.3) is 0 Å². The second kappa shape index (κ2) is 7.50. The second-order valence-electron chi connectivity index (χ2n) is 5.24. The number of carboxylic acids is 1. The summed E-state index contributed by atoms with van der Waals surface area (Å²) >= 11 is 0. The number of rotatable bonds is 5. The summed E-state index contributed by atoms with van der Waals surface area (Å²) in [6.45, 7) is 6.97. The molecule has 1 saturated heterocycles. The number of likely N-dealkylation sites (tertiary alicyclic amines) is 1. The molecule has 0 bridgehead atoms. The van der Waals surface area contributed by atoms with E-state index in [0.717, 1.165) is 30.8 Å².